The second-order valence-electron chi connectivity index (χ2n) is 11.9. The molecule has 4 aromatic carbocycles. The lowest BCUT2D eigenvalue weighted by Crippen LogP contribution is -2.36. The van der Waals surface area contributed by atoms with Gasteiger partial charge in [0, 0.05) is 25.5 Å². The summed E-state index contributed by atoms with van der Waals surface area (Å²) < 4.78 is 37.5. The Morgan fingerprint density at radius 1 is 0.822 bits per heavy atom. The van der Waals surface area contributed by atoms with E-state index in [1.165, 1.54) is 16.7 Å². The molecule has 6 heteroatoms. The number of ether oxygens (including phenoxy) is 6. The summed E-state index contributed by atoms with van der Waals surface area (Å²) >= 11 is 0. The van der Waals surface area contributed by atoms with E-state index >= 15 is 0 Å². The van der Waals surface area contributed by atoms with E-state index in [1.54, 1.807) is 7.11 Å². The van der Waals surface area contributed by atoms with Crippen molar-refractivity contribution in [1.82, 2.24) is 0 Å². The zero-order chi connectivity index (χ0) is 31.0. The third kappa shape index (κ3) is 7.77. The van der Waals surface area contributed by atoms with Crippen LogP contribution in [0.1, 0.15) is 70.9 Å². The van der Waals surface area contributed by atoms with Gasteiger partial charge in [-0.3, -0.25) is 0 Å². The van der Waals surface area contributed by atoms with Gasteiger partial charge in [-0.25, -0.2) is 0 Å². The molecule has 6 rings (SSSR count). The zero-order valence-corrected chi connectivity index (χ0v) is 26.6. The molecule has 1 saturated heterocycles. The molecule has 2 heterocycles. The molecule has 0 spiro atoms. The normalized spacial score (nSPS) is 20.9. The highest BCUT2D eigenvalue weighted by Gasteiger charge is 2.38. The summed E-state index contributed by atoms with van der Waals surface area (Å²) in [5.41, 5.74) is 8.13. The Morgan fingerprint density at radius 3 is 2.22 bits per heavy atom. The van der Waals surface area contributed by atoms with Gasteiger partial charge in [0.15, 0.2) is 0 Å². The van der Waals surface area contributed by atoms with Crippen LogP contribution in [-0.4, -0.2) is 39.1 Å². The Balaban J connectivity index is 1.27. The van der Waals surface area contributed by atoms with Crippen molar-refractivity contribution in [2.75, 3.05) is 26.9 Å². The fourth-order valence-corrected chi connectivity index (χ4v) is 6.43. The van der Waals surface area contributed by atoms with Crippen LogP contribution in [0.15, 0.2) is 91.0 Å². The number of benzene rings is 4. The Labute approximate surface area is 267 Å². The van der Waals surface area contributed by atoms with E-state index in [9.17, 15) is 0 Å². The lowest BCUT2D eigenvalue weighted by atomic mass is 9.87. The van der Waals surface area contributed by atoms with Crippen molar-refractivity contribution in [2.24, 2.45) is 0 Å². The molecular formula is C39H44O6. The first-order chi connectivity index (χ1) is 22.1. The predicted molar refractivity (Wildman–Crippen MR) is 175 cm³/mol. The number of methoxy groups -OCH3 is 1. The second kappa shape index (κ2) is 15.1. The largest absolute Gasteiger partial charge is 0.494 e. The Hall–Kier alpha value is -3.68. The van der Waals surface area contributed by atoms with Crippen LogP contribution in [0.3, 0.4) is 0 Å². The van der Waals surface area contributed by atoms with E-state index in [0.717, 1.165) is 53.0 Å². The van der Waals surface area contributed by atoms with Crippen LogP contribution in [0.5, 0.6) is 11.5 Å². The molecule has 0 amide bonds. The van der Waals surface area contributed by atoms with Gasteiger partial charge in [0.1, 0.15) is 24.2 Å². The number of rotatable bonds is 13. The molecule has 4 aromatic rings. The summed E-state index contributed by atoms with van der Waals surface area (Å²) in [6.07, 6.45) is 1.88. The SMILES string of the molecule is CCOc1ccc(Cc2cc(C3CC(OCc4ccccc4)CC(COCc4ccccc4)O3)c3c(c2C)OCC3OC)cc1. The average Bonchev–Trinajstić information content (AvgIpc) is 3.52. The molecule has 0 N–H and O–H groups in total. The molecule has 236 valence electrons. The van der Waals surface area contributed by atoms with E-state index in [2.05, 4.69) is 61.5 Å². The van der Waals surface area contributed by atoms with E-state index in [0.29, 0.717) is 33.0 Å². The van der Waals surface area contributed by atoms with Gasteiger partial charge in [0.05, 0.1) is 44.7 Å². The van der Waals surface area contributed by atoms with E-state index < -0.39 is 0 Å². The van der Waals surface area contributed by atoms with Crippen molar-refractivity contribution in [3.8, 4) is 11.5 Å². The third-order valence-electron chi connectivity index (χ3n) is 8.77. The topological polar surface area (TPSA) is 55.4 Å². The third-order valence-corrected chi connectivity index (χ3v) is 8.77. The highest BCUT2D eigenvalue weighted by molar-refractivity contribution is 5.55. The molecule has 0 radical (unpaired) electrons. The lowest BCUT2D eigenvalue weighted by Gasteiger charge is -2.37. The van der Waals surface area contributed by atoms with Crippen LogP contribution in [-0.2, 0) is 38.6 Å². The van der Waals surface area contributed by atoms with Gasteiger partial charge >= 0.3 is 0 Å². The molecule has 2 aliphatic heterocycles. The summed E-state index contributed by atoms with van der Waals surface area (Å²) in [5, 5.41) is 0. The molecule has 2 aliphatic rings. The van der Waals surface area contributed by atoms with Crippen molar-refractivity contribution in [3.05, 3.63) is 130 Å². The molecule has 6 nitrogen and oxygen atoms in total. The van der Waals surface area contributed by atoms with Gasteiger partial charge in [-0.1, -0.05) is 78.9 Å². The standard InChI is InChI=1S/C39H44O6/c1-4-42-32-17-15-28(16-18-32)19-31-20-35(38-37(40-3)26-44-39(38)27(31)2)36-22-33(43-24-30-13-9-6-10-14-30)21-34(45-36)25-41-23-29-11-7-5-8-12-29/h5-18,20,33-34,36-37H,4,19,21-26H2,1-3H3. The molecule has 0 aromatic heterocycles. The van der Waals surface area contributed by atoms with Gasteiger partial charge in [-0.05, 0) is 65.8 Å². The molecule has 0 aliphatic carbocycles. The molecule has 0 bridgehead atoms. The summed E-state index contributed by atoms with van der Waals surface area (Å²) in [7, 11) is 1.75. The minimum absolute atomic E-state index is 0.0177. The van der Waals surface area contributed by atoms with Crippen molar-refractivity contribution >= 4 is 0 Å². The molecule has 4 unspecified atom stereocenters. The Kier molecular flexibility index (Phi) is 10.5. The highest BCUT2D eigenvalue weighted by atomic mass is 16.6. The quantitative estimate of drug-likeness (QED) is 0.153. The van der Waals surface area contributed by atoms with Crippen molar-refractivity contribution in [2.45, 2.75) is 70.7 Å². The summed E-state index contributed by atoms with van der Waals surface area (Å²) in [4.78, 5) is 0. The fraction of sp³-hybridized carbons (Fsp3) is 0.385. The van der Waals surface area contributed by atoms with Gasteiger partial charge in [0.25, 0.3) is 0 Å². The van der Waals surface area contributed by atoms with Crippen LogP contribution in [0, 0.1) is 6.92 Å². The van der Waals surface area contributed by atoms with Gasteiger partial charge in [0.2, 0.25) is 0 Å². The Morgan fingerprint density at radius 2 is 1.53 bits per heavy atom. The molecular weight excluding hydrogens is 564 g/mol. The first-order valence-corrected chi connectivity index (χ1v) is 16.1. The molecule has 45 heavy (non-hydrogen) atoms. The van der Waals surface area contributed by atoms with E-state index in [4.69, 9.17) is 28.4 Å². The van der Waals surface area contributed by atoms with Crippen molar-refractivity contribution in [3.63, 3.8) is 0 Å². The predicted octanol–water partition coefficient (Wildman–Crippen LogP) is 8.09. The number of hydrogen-bond acceptors (Lipinski definition) is 6. The second-order valence-corrected chi connectivity index (χ2v) is 11.9. The molecule has 0 saturated carbocycles. The van der Waals surface area contributed by atoms with E-state index in [-0.39, 0.29) is 24.4 Å². The maximum Gasteiger partial charge on any atom is 0.128 e. The summed E-state index contributed by atoms with van der Waals surface area (Å²) in [5.74, 6) is 1.81. The Bertz CT molecular complexity index is 1500. The van der Waals surface area contributed by atoms with E-state index in [1.807, 2.05) is 43.3 Å². The maximum absolute atomic E-state index is 6.87. The monoisotopic (exact) mass is 608 g/mol. The van der Waals surface area contributed by atoms with Gasteiger partial charge in [-0.15, -0.1) is 0 Å². The first-order valence-electron chi connectivity index (χ1n) is 16.1. The summed E-state index contributed by atoms with van der Waals surface area (Å²) in [6.45, 7) is 6.91. The van der Waals surface area contributed by atoms with Gasteiger partial charge < -0.3 is 28.4 Å². The lowest BCUT2D eigenvalue weighted by molar-refractivity contribution is -0.142. The smallest absolute Gasteiger partial charge is 0.128 e. The van der Waals surface area contributed by atoms with Crippen molar-refractivity contribution < 1.29 is 28.4 Å². The highest BCUT2D eigenvalue weighted by Crippen LogP contribution is 2.47. The minimum atomic E-state index is -0.183. The zero-order valence-electron chi connectivity index (χ0n) is 26.6. The fourth-order valence-electron chi connectivity index (χ4n) is 6.43. The number of fused-ring (bicyclic) bond motifs is 1. The van der Waals surface area contributed by atoms with Crippen LogP contribution >= 0.6 is 0 Å². The first kappa shape index (κ1) is 31.3. The van der Waals surface area contributed by atoms with Gasteiger partial charge in [-0.2, -0.15) is 0 Å². The summed E-state index contributed by atoms with van der Waals surface area (Å²) in [6, 6.07) is 31.3. The maximum atomic E-state index is 6.87. The number of hydrogen-bond donors (Lipinski definition) is 0. The van der Waals surface area contributed by atoms with Crippen LogP contribution in [0.4, 0.5) is 0 Å². The molecule has 1 fully saturated rings. The average molecular weight is 609 g/mol. The minimum Gasteiger partial charge on any atom is -0.494 e. The van der Waals surface area contributed by atoms with Crippen LogP contribution in [0.2, 0.25) is 0 Å². The van der Waals surface area contributed by atoms with Crippen LogP contribution in [0.25, 0.3) is 0 Å². The molecule has 4 atom stereocenters. The van der Waals surface area contributed by atoms with Crippen LogP contribution < -0.4 is 9.47 Å². The van der Waals surface area contributed by atoms with Crippen molar-refractivity contribution in [1.29, 1.82) is 0 Å².